The summed E-state index contributed by atoms with van der Waals surface area (Å²) >= 11 is 0. The summed E-state index contributed by atoms with van der Waals surface area (Å²) in [6.45, 7) is 6.62. The van der Waals surface area contributed by atoms with Crippen molar-refractivity contribution in [2.24, 2.45) is 11.8 Å². The van der Waals surface area contributed by atoms with Gasteiger partial charge in [0.2, 0.25) is 0 Å². The molecule has 0 amide bonds. The van der Waals surface area contributed by atoms with Gasteiger partial charge in [0.15, 0.2) is 0 Å². The van der Waals surface area contributed by atoms with Gasteiger partial charge >= 0.3 is 5.97 Å². The van der Waals surface area contributed by atoms with E-state index in [1.165, 1.54) is 12.8 Å². The Morgan fingerprint density at radius 2 is 1.87 bits per heavy atom. The van der Waals surface area contributed by atoms with E-state index in [0.29, 0.717) is 12.0 Å². The minimum atomic E-state index is -0.675. The highest BCUT2D eigenvalue weighted by Crippen LogP contribution is 2.50. The molecule has 1 saturated carbocycles. The number of piperidine rings is 1. The third kappa shape index (κ3) is 2.97. The molecular weight excluding hydrogens is 288 g/mol. The van der Waals surface area contributed by atoms with Gasteiger partial charge in [0.25, 0.3) is 0 Å². The number of hydrogen-bond donors (Lipinski definition) is 2. The van der Waals surface area contributed by atoms with Gasteiger partial charge in [-0.3, -0.25) is 9.69 Å². The number of fused-ring (bicyclic) bond motifs is 1. The molecule has 126 valence electrons. The van der Waals surface area contributed by atoms with E-state index in [2.05, 4.69) is 25.7 Å². The SMILES string of the molecule is CC(C)(C)N1C2CCCC2CC(C(=O)O)C1c1ccc(N)cc1. The van der Waals surface area contributed by atoms with Crippen molar-refractivity contribution in [1.29, 1.82) is 0 Å². The van der Waals surface area contributed by atoms with Crippen molar-refractivity contribution in [3.8, 4) is 0 Å². The molecule has 0 bridgehead atoms. The van der Waals surface area contributed by atoms with Gasteiger partial charge in [0.1, 0.15) is 0 Å². The summed E-state index contributed by atoms with van der Waals surface area (Å²) in [4.78, 5) is 14.5. The maximum Gasteiger partial charge on any atom is 0.308 e. The van der Waals surface area contributed by atoms with Crippen molar-refractivity contribution in [3.05, 3.63) is 29.8 Å². The van der Waals surface area contributed by atoms with E-state index >= 15 is 0 Å². The highest BCUT2D eigenvalue weighted by molar-refractivity contribution is 5.71. The van der Waals surface area contributed by atoms with Crippen LogP contribution in [0.1, 0.15) is 58.1 Å². The van der Waals surface area contributed by atoms with E-state index in [0.717, 1.165) is 24.1 Å². The molecule has 1 heterocycles. The average molecular weight is 316 g/mol. The minimum absolute atomic E-state index is 0.0621. The van der Waals surface area contributed by atoms with Gasteiger partial charge in [-0.25, -0.2) is 0 Å². The molecule has 1 saturated heterocycles. The molecule has 4 atom stereocenters. The molecular formula is C19H28N2O2. The molecule has 0 spiro atoms. The van der Waals surface area contributed by atoms with Gasteiger partial charge in [-0.2, -0.15) is 0 Å². The number of carboxylic acids is 1. The zero-order chi connectivity index (χ0) is 16.8. The lowest BCUT2D eigenvalue weighted by molar-refractivity contribution is -0.152. The summed E-state index contributed by atoms with van der Waals surface area (Å²) in [5.74, 6) is -0.510. The number of carbonyl (C=O) groups is 1. The van der Waals surface area contributed by atoms with Crippen molar-refractivity contribution in [2.45, 2.75) is 64.1 Å². The topological polar surface area (TPSA) is 66.6 Å². The summed E-state index contributed by atoms with van der Waals surface area (Å²) in [6.07, 6.45) is 4.35. The molecule has 1 aliphatic carbocycles. The van der Waals surface area contributed by atoms with Crippen molar-refractivity contribution in [3.63, 3.8) is 0 Å². The fourth-order valence-electron chi connectivity index (χ4n) is 4.75. The van der Waals surface area contributed by atoms with Crippen LogP contribution in [0.5, 0.6) is 0 Å². The van der Waals surface area contributed by atoms with Gasteiger partial charge in [0.05, 0.1) is 5.92 Å². The number of carboxylic acid groups (broad SMARTS) is 1. The Balaban J connectivity index is 2.07. The third-order valence-corrected chi connectivity index (χ3v) is 5.58. The van der Waals surface area contributed by atoms with E-state index in [-0.39, 0.29) is 17.5 Å². The van der Waals surface area contributed by atoms with Gasteiger partial charge in [0, 0.05) is 23.3 Å². The van der Waals surface area contributed by atoms with Crippen LogP contribution in [-0.2, 0) is 4.79 Å². The first-order valence-corrected chi connectivity index (χ1v) is 8.65. The zero-order valence-corrected chi connectivity index (χ0v) is 14.3. The number of rotatable bonds is 2. The van der Waals surface area contributed by atoms with Crippen molar-refractivity contribution in [1.82, 2.24) is 4.90 Å². The molecule has 4 unspecified atom stereocenters. The number of aliphatic carboxylic acids is 1. The Morgan fingerprint density at radius 3 is 2.43 bits per heavy atom. The first-order chi connectivity index (χ1) is 10.8. The highest BCUT2D eigenvalue weighted by Gasteiger charge is 2.50. The van der Waals surface area contributed by atoms with Crippen LogP contribution >= 0.6 is 0 Å². The van der Waals surface area contributed by atoms with Crippen molar-refractivity contribution in [2.75, 3.05) is 5.73 Å². The summed E-state index contributed by atoms with van der Waals surface area (Å²) in [6, 6.07) is 8.19. The highest BCUT2D eigenvalue weighted by atomic mass is 16.4. The minimum Gasteiger partial charge on any atom is -0.481 e. The van der Waals surface area contributed by atoms with E-state index in [9.17, 15) is 9.90 Å². The summed E-state index contributed by atoms with van der Waals surface area (Å²) in [5.41, 5.74) is 7.56. The number of nitrogens with zero attached hydrogens (tertiary/aromatic N) is 1. The Morgan fingerprint density at radius 1 is 1.22 bits per heavy atom. The second kappa shape index (κ2) is 5.82. The summed E-state index contributed by atoms with van der Waals surface area (Å²) in [7, 11) is 0. The first-order valence-electron chi connectivity index (χ1n) is 8.65. The number of nitrogen functional groups attached to an aromatic ring is 1. The van der Waals surface area contributed by atoms with Crippen LogP contribution in [0, 0.1) is 11.8 Å². The fourth-order valence-corrected chi connectivity index (χ4v) is 4.75. The lowest BCUT2D eigenvalue weighted by Crippen LogP contribution is -2.57. The van der Waals surface area contributed by atoms with Crippen LogP contribution in [-0.4, -0.2) is 27.6 Å². The zero-order valence-electron chi connectivity index (χ0n) is 14.3. The number of likely N-dealkylation sites (tertiary alicyclic amines) is 1. The van der Waals surface area contributed by atoms with Gasteiger partial charge in [-0.05, 0) is 63.6 Å². The van der Waals surface area contributed by atoms with Crippen LogP contribution in [0.4, 0.5) is 5.69 Å². The van der Waals surface area contributed by atoms with E-state index < -0.39 is 5.97 Å². The molecule has 2 fully saturated rings. The lowest BCUT2D eigenvalue weighted by Gasteiger charge is -2.53. The average Bonchev–Trinajstić information content (AvgIpc) is 2.92. The number of hydrogen-bond acceptors (Lipinski definition) is 3. The normalized spacial score (nSPS) is 31.8. The van der Waals surface area contributed by atoms with Crippen molar-refractivity contribution < 1.29 is 9.90 Å². The third-order valence-electron chi connectivity index (χ3n) is 5.58. The Hall–Kier alpha value is -1.55. The molecule has 0 radical (unpaired) electrons. The maximum absolute atomic E-state index is 12.0. The van der Waals surface area contributed by atoms with Crippen LogP contribution in [0.15, 0.2) is 24.3 Å². The molecule has 1 aromatic carbocycles. The van der Waals surface area contributed by atoms with Crippen molar-refractivity contribution >= 4 is 11.7 Å². The molecule has 4 heteroatoms. The molecule has 0 aromatic heterocycles. The maximum atomic E-state index is 12.0. The standard InChI is InChI=1S/C19H28N2O2/c1-19(2,3)21-16-6-4-5-13(16)11-15(18(22)23)17(21)12-7-9-14(20)10-8-12/h7-10,13,15-17H,4-6,11,20H2,1-3H3,(H,22,23). The molecule has 3 N–H and O–H groups in total. The molecule has 1 aromatic rings. The molecule has 1 aliphatic heterocycles. The Labute approximate surface area is 138 Å². The molecule has 23 heavy (non-hydrogen) atoms. The van der Waals surface area contributed by atoms with E-state index in [4.69, 9.17) is 5.73 Å². The fraction of sp³-hybridized carbons (Fsp3) is 0.632. The predicted molar refractivity (Wildman–Crippen MR) is 92.1 cm³/mol. The largest absolute Gasteiger partial charge is 0.481 e. The second-order valence-electron chi connectivity index (χ2n) is 8.13. The van der Waals surface area contributed by atoms with Crippen LogP contribution in [0.2, 0.25) is 0 Å². The molecule has 4 nitrogen and oxygen atoms in total. The number of anilines is 1. The molecule has 3 rings (SSSR count). The van der Waals surface area contributed by atoms with Crippen LogP contribution in [0.25, 0.3) is 0 Å². The summed E-state index contributed by atoms with van der Waals surface area (Å²) < 4.78 is 0. The predicted octanol–water partition coefficient (Wildman–Crippen LogP) is 3.68. The Kier molecular flexibility index (Phi) is 4.13. The first kappa shape index (κ1) is 16.3. The monoisotopic (exact) mass is 316 g/mol. The van der Waals surface area contributed by atoms with Crippen LogP contribution in [0.3, 0.4) is 0 Å². The van der Waals surface area contributed by atoms with E-state index in [1.807, 2.05) is 24.3 Å². The van der Waals surface area contributed by atoms with Crippen LogP contribution < -0.4 is 5.73 Å². The van der Waals surface area contributed by atoms with Gasteiger partial charge in [-0.1, -0.05) is 18.6 Å². The lowest BCUT2D eigenvalue weighted by atomic mass is 9.74. The van der Waals surface area contributed by atoms with Gasteiger partial charge < -0.3 is 10.8 Å². The molecule has 2 aliphatic rings. The number of benzene rings is 1. The summed E-state index contributed by atoms with van der Waals surface area (Å²) in [5, 5.41) is 9.88. The number of nitrogens with two attached hydrogens (primary N) is 1. The second-order valence-corrected chi connectivity index (χ2v) is 8.13. The smallest absolute Gasteiger partial charge is 0.308 e. The van der Waals surface area contributed by atoms with Gasteiger partial charge in [-0.15, -0.1) is 0 Å². The van der Waals surface area contributed by atoms with E-state index in [1.54, 1.807) is 0 Å². The Bertz CT molecular complexity index is 576. The quantitative estimate of drug-likeness (QED) is 0.817.